The van der Waals surface area contributed by atoms with Gasteiger partial charge in [-0.15, -0.1) is 24.8 Å². The van der Waals surface area contributed by atoms with Crippen LogP contribution >= 0.6 is 24.8 Å². The number of hydrogen-bond acceptors (Lipinski definition) is 5. The lowest BCUT2D eigenvalue weighted by atomic mass is 9.89. The first-order valence-corrected chi connectivity index (χ1v) is 10.2. The number of piperidine rings is 2. The summed E-state index contributed by atoms with van der Waals surface area (Å²) in [5, 5.41) is 6.95. The molecule has 3 saturated heterocycles. The van der Waals surface area contributed by atoms with Crippen LogP contribution in [0.1, 0.15) is 56.5 Å². The van der Waals surface area contributed by atoms with Gasteiger partial charge >= 0.3 is 0 Å². The van der Waals surface area contributed by atoms with E-state index in [1.165, 1.54) is 25.7 Å². The number of rotatable bonds is 4. The normalized spacial score (nSPS) is 26.9. The van der Waals surface area contributed by atoms with E-state index in [9.17, 15) is 4.79 Å². The third-order valence-corrected chi connectivity index (χ3v) is 6.18. The van der Waals surface area contributed by atoms with Crippen molar-refractivity contribution >= 4 is 36.5 Å². The zero-order valence-corrected chi connectivity index (χ0v) is 18.5. The van der Waals surface area contributed by atoms with Crippen LogP contribution in [-0.4, -0.2) is 47.1 Å². The number of hydrogen-bond donors (Lipinski definition) is 2. The number of halogens is 2. The largest absolute Gasteiger partial charge is 0.356 e. The van der Waals surface area contributed by atoms with Crippen LogP contribution in [-0.2, 0) is 4.79 Å². The predicted octanol–water partition coefficient (Wildman–Crippen LogP) is 2.94. The molecule has 0 saturated carbocycles. The van der Waals surface area contributed by atoms with Crippen molar-refractivity contribution in [1.82, 2.24) is 20.6 Å². The molecule has 1 aromatic rings. The second kappa shape index (κ2) is 10.1. The first-order valence-electron chi connectivity index (χ1n) is 10.2. The number of nitrogens with zero attached hydrogens (tertiary/aromatic N) is 3. The molecule has 4 heterocycles. The Morgan fingerprint density at radius 3 is 2.36 bits per heavy atom. The molecule has 2 unspecified atom stereocenters. The van der Waals surface area contributed by atoms with Gasteiger partial charge in [0, 0.05) is 49.4 Å². The van der Waals surface area contributed by atoms with Crippen LogP contribution in [0.5, 0.6) is 0 Å². The van der Waals surface area contributed by atoms with E-state index in [1.807, 2.05) is 13.8 Å². The van der Waals surface area contributed by atoms with Gasteiger partial charge in [0.2, 0.25) is 5.91 Å². The summed E-state index contributed by atoms with van der Waals surface area (Å²) in [7, 11) is 0. The molecule has 4 rings (SSSR count). The Morgan fingerprint density at radius 2 is 1.75 bits per heavy atom. The van der Waals surface area contributed by atoms with Gasteiger partial charge in [0.15, 0.2) is 0 Å². The summed E-state index contributed by atoms with van der Waals surface area (Å²) in [6.07, 6.45) is 7.63. The summed E-state index contributed by atoms with van der Waals surface area (Å²) in [4.78, 5) is 23.7. The molecule has 2 bridgehead atoms. The van der Waals surface area contributed by atoms with Crippen molar-refractivity contribution in [2.45, 2.75) is 76.9 Å². The molecule has 3 aliphatic heterocycles. The van der Waals surface area contributed by atoms with E-state index < -0.39 is 0 Å². The van der Waals surface area contributed by atoms with Crippen molar-refractivity contribution in [3.63, 3.8) is 0 Å². The lowest BCUT2D eigenvalue weighted by Gasteiger charge is -2.34. The van der Waals surface area contributed by atoms with Crippen LogP contribution in [0.25, 0.3) is 0 Å². The summed E-state index contributed by atoms with van der Waals surface area (Å²) in [6, 6.07) is 3.68. The van der Waals surface area contributed by atoms with Crippen molar-refractivity contribution in [1.29, 1.82) is 0 Å². The number of carbonyl (C=O) groups excluding carboxylic acids is 1. The summed E-state index contributed by atoms with van der Waals surface area (Å²) in [5.41, 5.74) is 1.01. The van der Waals surface area contributed by atoms with Gasteiger partial charge in [-0.2, -0.15) is 0 Å². The van der Waals surface area contributed by atoms with E-state index in [-0.39, 0.29) is 30.7 Å². The SMILES string of the molecule is Cc1cc(N2CCC(NC(=O)CC3CC4CCC(C3)N4)CC2)nc(C)n1.Cl.Cl. The Kier molecular flexibility index (Phi) is 8.34. The maximum Gasteiger partial charge on any atom is 0.220 e. The van der Waals surface area contributed by atoms with Crippen LogP contribution in [0.3, 0.4) is 0 Å². The quantitative estimate of drug-likeness (QED) is 0.769. The molecule has 0 spiro atoms. The number of aryl methyl sites for hydroxylation is 2. The van der Waals surface area contributed by atoms with E-state index in [1.54, 1.807) is 0 Å². The van der Waals surface area contributed by atoms with E-state index in [2.05, 4.69) is 31.6 Å². The molecule has 6 nitrogen and oxygen atoms in total. The first kappa shape index (κ1) is 23.2. The van der Waals surface area contributed by atoms with Crippen LogP contribution < -0.4 is 15.5 Å². The standard InChI is InChI=1S/C20H31N5O.2ClH/c1-13-9-19(22-14(2)21-13)25-7-5-16(6-8-25)24-20(26)12-15-10-17-3-4-18(11-15)23-17;;/h9,15-18,23H,3-8,10-12H2,1-2H3,(H,24,26);2*1H. The van der Waals surface area contributed by atoms with E-state index in [0.717, 1.165) is 43.3 Å². The molecule has 0 radical (unpaired) electrons. The maximum absolute atomic E-state index is 12.5. The Morgan fingerprint density at radius 1 is 1.11 bits per heavy atom. The van der Waals surface area contributed by atoms with Gasteiger partial charge in [-0.1, -0.05) is 0 Å². The van der Waals surface area contributed by atoms with Crippen molar-refractivity contribution in [2.75, 3.05) is 18.0 Å². The van der Waals surface area contributed by atoms with E-state index in [4.69, 9.17) is 0 Å². The number of nitrogens with one attached hydrogen (secondary N) is 2. The topological polar surface area (TPSA) is 70.2 Å². The van der Waals surface area contributed by atoms with Crippen LogP contribution in [0.15, 0.2) is 6.07 Å². The molecule has 1 aromatic heterocycles. The minimum absolute atomic E-state index is 0. The van der Waals surface area contributed by atoms with E-state index >= 15 is 0 Å². The minimum Gasteiger partial charge on any atom is -0.356 e. The Hall–Kier alpha value is -1.11. The second-order valence-corrected chi connectivity index (χ2v) is 8.42. The molecule has 3 aliphatic rings. The number of amides is 1. The predicted molar refractivity (Wildman–Crippen MR) is 117 cm³/mol. The monoisotopic (exact) mass is 429 g/mol. The highest BCUT2D eigenvalue weighted by Crippen LogP contribution is 2.32. The van der Waals surface area contributed by atoms with Gasteiger partial charge in [0.25, 0.3) is 0 Å². The third-order valence-electron chi connectivity index (χ3n) is 6.18. The van der Waals surface area contributed by atoms with Gasteiger partial charge in [-0.25, -0.2) is 9.97 Å². The minimum atomic E-state index is 0. The van der Waals surface area contributed by atoms with Gasteiger partial charge in [0.05, 0.1) is 0 Å². The van der Waals surface area contributed by atoms with Crippen molar-refractivity contribution in [2.24, 2.45) is 5.92 Å². The van der Waals surface area contributed by atoms with Gasteiger partial charge < -0.3 is 15.5 Å². The number of anilines is 1. The van der Waals surface area contributed by atoms with Crippen molar-refractivity contribution in [3.8, 4) is 0 Å². The fourth-order valence-corrected chi connectivity index (χ4v) is 5.00. The number of aromatic nitrogens is 2. The Labute approximate surface area is 180 Å². The average molecular weight is 430 g/mol. The molecule has 2 atom stereocenters. The Bertz CT molecular complexity index is 634. The molecule has 0 aromatic carbocycles. The van der Waals surface area contributed by atoms with Crippen molar-refractivity contribution in [3.05, 3.63) is 17.6 Å². The van der Waals surface area contributed by atoms with E-state index in [0.29, 0.717) is 30.5 Å². The van der Waals surface area contributed by atoms with Crippen LogP contribution in [0.2, 0.25) is 0 Å². The highest BCUT2D eigenvalue weighted by molar-refractivity contribution is 5.85. The molecular formula is C20H33Cl2N5O. The van der Waals surface area contributed by atoms with Gasteiger partial charge in [-0.05, 0) is 58.3 Å². The molecule has 1 amide bonds. The Balaban J connectivity index is 0.00000140. The highest BCUT2D eigenvalue weighted by atomic mass is 35.5. The smallest absolute Gasteiger partial charge is 0.220 e. The highest BCUT2D eigenvalue weighted by Gasteiger charge is 2.34. The maximum atomic E-state index is 12.5. The fourth-order valence-electron chi connectivity index (χ4n) is 5.00. The van der Waals surface area contributed by atoms with Gasteiger partial charge in [0.1, 0.15) is 11.6 Å². The molecule has 2 N–H and O–H groups in total. The van der Waals surface area contributed by atoms with Gasteiger partial charge in [-0.3, -0.25) is 4.79 Å². The molecule has 158 valence electrons. The van der Waals surface area contributed by atoms with Crippen LogP contribution in [0, 0.1) is 19.8 Å². The molecule has 0 aliphatic carbocycles. The van der Waals surface area contributed by atoms with Crippen LogP contribution in [0.4, 0.5) is 5.82 Å². The fraction of sp³-hybridized carbons (Fsp3) is 0.750. The third kappa shape index (κ3) is 5.71. The summed E-state index contributed by atoms with van der Waals surface area (Å²) in [5.74, 6) is 2.67. The summed E-state index contributed by atoms with van der Waals surface area (Å²) in [6.45, 7) is 5.84. The zero-order valence-electron chi connectivity index (χ0n) is 16.8. The number of fused-ring (bicyclic) bond motifs is 2. The molecule has 28 heavy (non-hydrogen) atoms. The lowest BCUT2D eigenvalue weighted by molar-refractivity contribution is -0.123. The van der Waals surface area contributed by atoms with Crippen molar-refractivity contribution < 1.29 is 4.79 Å². The number of carbonyl (C=O) groups is 1. The molecular weight excluding hydrogens is 397 g/mol. The lowest BCUT2D eigenvalue weighted by Crippen LogP contribution is -2.46. The second-order valence-electron chi connectivity index (χ2n) is 8.42. The first-order chi connectivity index (χ1) is 12.5. The molecule has 8 heteroatoms. The zero-order chi connectivity index (χ0) is 18.1. The summed E-state index contributed by atoms with van der Waals surface area (Å²) >= 11 is 0. The molecule has 3 fully saturated rings. The average Bonchev–Trinajstić information content (AvgIpc) is 2.93. The summed E-state index contributed by atoms with van der Waals surface area (Å²) < 4.78 is 0.